The highest BCUT2D eigenvalue weighted by atomic mass is 16.5. The first kappa shape index (κ1) is 19.0. The molecule has 0 aromatic heterocycles. The quantitative estimate of drug-likeness (QED) is 0.616. The first-order chi connectivity index (χ1) is 10.6. The zero-order valence-corrected chi connectivity index (χ0v) is 15.0. The fourth-order valence-electron chi connectivity index (χ4n) is 2.54. The molecule has 0 heterocycles. The van der Waals surface area contributed by atoms with Crippen molar-refractivity contribution in [1.29, 1.82) is 0 Å². The molecule has 2 atom stereocenters. The highest BCUT2D eigenvalue weighted by molar-refractivity contribution is 5.28. The number of nitrogens with zero attached hydrogens (tertiary/aromatic N) is 1. The molecular formula is C19H33NO2. The van der Waals surface area contributed by atoms with Crippen LogP contribution < -0.4 is 4.74 Å². The van der Waals surface area contributed by atoms with Gasteiger partial charge in [-0.25, -0.2) is 0 Å². The van der Waals surface area contributed by atoms with Crippen molar-refractivity contribution in [2.24, 2.45) is 5.92 Å². The van der Waals surface area contributed by atoms with Gasteiger partial charge in [-0.05, 0) is 57.0 Å². The van der Waals surface area contributed by atoms with E-state index in [2.05, 4.69) is 51.0 Å². The minimum Gasteiger partial charge on any atom is -0.492 e. The van der Waals surface area contributed by atoms with Crippen molar-refractivity contribution < 1.29 is 9.47 Å². The number of ether oxygens (including phenoxy) is 2. The van der Waals surface area contributed by atoms with E-state index in [1.807, 2.05) is 13.2 Å². The monoisotopic (exact) mass is 307 g/mol. The topological polar surface area (TPSA) is 21.7 Å². The Labute approximate surface area is 136 Å². The van der Waals surface area contributed by atoms with Crippen LogP contribution in [0.25, 0.3) is 0 Å². The van der Waals surface area contributed by atoms with E-state index in [0.29, 0.717) is 12.0 Å². The molecule has 0 saturated heterocycles. The van der Waals surface area contributed by atoms with Crippen LogP contribution >= 0.6 is 0 Å². The Balaban J connectivity index is 2.39. The smallest absolute Gasteiger partial charge is 0.119 e. The third-order valence-corrected chi connectivity index (χ3v) is 4.24. The van der Waals surface area contributed by atoms with Crippen LogP contribution in [0, 0.1) is 5.92 Å². The number of rotatable bonds is 11. The van der Waals surface area contributed by atoms with E-state index in [1.54, 1.807) is 0 Å². The molecule has 0 aliphatic heterocycles. The number of hydrogen-bond donors (Lipinski definition) is 0. The summed E-state index contributed by atoms with van der Waals surface area (Å²) in [6.45, 7) is 6.17. The summed E-state index contributed by atoms with van der Waals surface area (Å²) in [6, 6.07) is 8.48. The first-order valence-electron chi connectivity index (χ1n) is 8.46. The molecule has 1 rings (SSSR count). The molecule has 3 nitrogen and oxygen atoms in total. The largest absolute Gasteiger partial charge is 0.492 e. The lowest BCUT2D eigenvalue weighted by Gasteiger charge is -2.21. The number of benzene rings is 1. The highest BCUT2D eigenvalue weighted by Crippen LogP contribution is 2.19. The number of methoxy groups -OCH3 is 1. The molecule has 0 spiro atoms. The molecule has 0 fully saturated rings. The maximum absolute atomic E-state index is 5.80. The van der Waals surface area contributed by atoms with Crippen molar-refractivity contribution in [2.75, 3.05) is 34.4 Å². The molecule has 0 bridgehead atoms. The van der Waals surface area contributed by atoms with Gasteiger partial charge in [0.25, 0.3) is 0 Å². The van der Waals surface area contributed by atoms with Crippen LogP contribution in [0.1, 0.15) is 38.7 Å². The Morgan fingerprint density at radius 1 is 1.23 bits per heavy atom. The second-order valence-corrected chi connectivity index (χ2v) is 6.35. The maximum Gasteiger partial charge on any atom is 0.119 e. The average Bonchev–Trinajstić information content (AvgIpc) is 2.51. The average molecular weight is 307 g/mol. The predicted octanol–water partition coefficient (Wildman–Crippen LogP) is 4.01. The summed E-state index contributed by atoms with van der Waals surface area (Å²) in [5.74, 6) is 1.61. The molecule has 126 valence electrons. The number of hydrogen-bond acceptors (Lipinski definition) is 3. The van der Waals surface area contributed by atoms with Gasteiger partial charge in [-0.1, -0.05) is 32.4 Å². The van der Waals surface area contributed by atoms with Crippen molar-refractivity contribution in [3.8, 4) is 5.75 Å². The zero-order chi connectivity index (χ0) is 16.4. The second kappa shape index (κ2) is 10.6. The molecule has 3 heteroatoms. The third kappa shape index (κ3) is 7.28. The normalized spacial score (nSPS) is 14.1. The van der Waals surface area contributed by atoms with Gasteiger partial charge < -0.3 is 14.4 Å². The van der Waals surface area contributed by atoms with Crippen LogP contribution in [0.2, 0.25) is 0 Å². The Morgan fingerprint density at radius 2 is 2.00 bits per heavy atom. The van der Waals surface area contributed by atoms with Gasteiger partial charge in [-0.3, -0.25) is 0 Å². The number of aryl methyl sites for hydroxylation is 1. The van der Waals surface area contributed by atoms with Gasteiger partial charge in [-0.2, -0.15) is 0 Å². The molecule has 0 aliphatic carbocycles. The summed E-state index contributed by atoms with van der Waals surface area (Å²) in [5, 5.41) is 0. The molecule has 1 aromatic rings. The fraction of sp³-hybridized carbons (Fsp3) is 0.684. The predicted molar refractivity (Wildman–Crippen MR) is 93.7 cm³/mol. The Hall–Kier alpha value is -1.06. The SMILES string of the molecule is CCC(C)C(CCCc1cccc(OCCN(C)C)c1)OC. The molecular weight excluding hydrogens is 274 g/mol. The van der Waals surface area contributed by atoms with Gasteiger partial charge in [0.1, 0.15) is 12.4 Å². The summed E-state index contributed by atoms with van der Waals surface area (Å²) in [5.41, 5.74) is 1.35. The summed E-state index contributed by atoms with van der Waals surface area (Å²) in [6.07, 6.45) is 4.92. The van der Waals surface area contributed by atoms with Crippen LogP contribution in [0.3, 0.4) is 0 Å². The van der Waals surface area contributed by atoms with Crippen molar-refractivity contribution in [2.45, 2.75) is 45.6 Å². The maximum atomic E-state index is 5.80. The summed E-state index contributed by atoms with van der Waals surface area (Å²) in [4.78, 5) is 2.13. The lowest BCUT2D eigenvalue weighted by molar-refractivity contribution is 0.0489. The Morgan fingerprint density at radius 3 is 2.64 bits per heavy atom. The molecule has 22 heavy (non-hydrogen) atoms. The minimum absolute atomic E-state index is 0.379. The highest BCUT2D eigenvalue weighted by Gasteiger charge is 2.14. The van der Waals surface area contributed by atoms with Crippen molar-refractivity contribution >= 4 is 0 Å². The fourth-order valence-corrected chi connectivity index (χ4v) is 2.54. The van der Waals surface area contributed by atoms with Crippen LogP contribution in [-0.2, 0) is 11.2 Å². The van der Waals surface area contributed by atoms with E-state index in [9.17, 15) is 0 Å². The van der Waals surface area contributed by atoms with Gasteiger partial charge in [0.15, 0.2) is 0 Å². The first-order valence-corrected chi connectivity index (χ1v) is 8.46. The molecule has 0 amide bonds. The van der Waals surface area contributed by atoms with E-state index in [4.69, 9.17) is 9.47 Å². The molecule has 0 saturated carbocycles. The van der Waals surface area contributed by atoms with Gasteiger partial charge >= 0.3 is 0 Å². The zero-order valence-electron chi connectivity index (χ0n) is 15.0. The second-order valence-electron chi connectivity index (χ2n) is 6.35. The van der Waals surface area contributed by atoms with Crippen molar-refractivity contribution in [3.63, 3.8) is 0 Å². The standard InChI is InChI=1S/C19H33NO2/c1-6-16(2)19(21-5)12-8-10-17-9-7-11-18(15-17)22-14-13-20(3)4/h7,9,11,15-16,19H,6,8,10,12-14H2,1-5H3. The van der Waals surface area contributed by atoms with Crippen molar-refractivity contribution in [3.05, 3.63) is 29.8 Å². The Bertz CT molecular complexity index is 406. The minimum atomic E-state index is 0.379. The van der Waals surface area contributed by atoms with E-state index in [0.717, 1.165) is 38.2 Å². The van der Waals surface area contributed by atoms with E-state index >= 15 is 0 Å². The number of likely N-dealkylation sites (N-methyl/N-ethyl adjacent to an activating group) is 1. The summed E-state index contributed by atoms with van der Waals surface area (Å²) < 4.78 is 11.4. The lowest BCUT2D eigenvalue weighted by Crippen LogP contribution is -2.20. The van der Waals surface area contributed by atoms with E-state index in [1.165, 1.54) is 12.0 Å². The van der Waals surface area contributed by atoms with Gasteiger partial charge in [0.05, 0.1) is 6.10 Å². The van der Waals surface area contributed by atoms with E-state index < -0.39 is 0 Å². The summed E-state index contributed by atoms with van der Waals surface area (Å²) in [7, 11) is 5.95. The third-order valence-electron chi connectivity index (χ3n) is 4.24. The van der Waals surface area contributed by atoms with Crippen LogP contribution in [0.4, 0.5) is 0 Å². The van der Waals surface area contributed by atoms with Gasteiger partial charge in [0.2, 0.25) is 0 Å². The molecule has 1 aromatic carbocycles. The van der Waals surface area contributed by atoms with Crippen LogP contribution in [0.15, 0.2) is 24.3 Å². The van der Waals surface area contributed by atoms with Crippen molar-refractivity contribution in [1.82, 2.24) is 4.90 Å². The van der Waals surface area contributed by atoms with Crippen LogP contribution in [-0.4, -0.2) is 45.4 Å². The molecule has 0 N–H and O–H groups in total. The van der Waals surface area contributed by atoms with Gasteiger partial charge in [0, 0.05) is 13.7 Å². The lowest BCUT2D eigenvalue weighted by atomic mass is 9.96. The molecule has 2 unspecified atom stereocenters. The van der Waals surface area contributed by atoms with E-state index in [-0.39, 0.29) is 0 Å². The van der Waals surface area contributed by atoms with Crippen LogP contribution in [0.5, 0.6) is 5.75 Å². The summed E-state index contributed by atoms with van der Waals surface area (Å²) >= 11 is 0. The van der Waals surface area contributed by atoms with Gasteiger partial charge in [-0.15, -0.1) is 0 Å². The molecule has 0 aliphatic rings. The molecule has 0 radical (unpaired) electrons. The Kier molecular flexibility index (Phi) is 9.17.